The van der Waals surface area contributed by atoms with Crippen molar-refractivity contribution in [2.75, 3.05) is 0 Å². The molecular formula is C18H15Cl2F2NO3. The average molecular weight is 402 g/mol. The second kappa shape index (κ2) is 8.47. The van der Waals surface area contributed by atoms with Crippen LogP contribution in [0.25, 0.3) is 0 Å². The Morgan fingerprint density at radius 2 is 1.65 bits per heavy atom. The fraction of sp³-hybridized carbons (Fsp3) is 0.222. The molecule has 0 aliphatic carbocycles. The van der Waals surface area contributed by atoms with Crippen molar-refractivity contribution in [3.8, 4) is 0 Å². The monoisotopic (exact) mass is 401 g/mol. The minimum absolute atomic E-state index is 0.269. The van der Waals surface area contributed by atoms with Gasteiger partial charge in [0.05, 0.1) is 18.4 Å². The normalized spacial score (nSPS) is 13.1. The highest BCUT2D eigenvalue weighted by Crippen LogP contribution is 2.28. The molecule has 0 aromatic heterocycles. The molecule has 8 heteroatoms. The van der Waals surface area contributed by atoms with E-state index in [0.29, 0.717) is 5.56 Å². The minimum Gasteiger partial charge on any atom is -0.481 e. The lowest BCUT2D eigenvalue weighted by atomic mass is 9.97. The summed E-state index contributed by atoms with van der Waals surface area (Å²) in [5.74, 6) is -4.77. The summed E-state index contributed by atoms with van der Waals surface area (Å²) in [4.78, 5) is 23.6. The van der Waals surface area contributed by atoms with Crippen LogP contribution >= 0.6 is 23.2 Å². The smallest absolute Gasteiger partial charge is 0.305 e. The molecule has 2 atom stereocenters. The van der Waals surface area contributed by atoms with Gasteiger partial charge in [-0.15, -0.1) is 0 Å². The zero-order valence-electron chi connectivity index (χ0n) is 13.6. The van der Waals surface area contributed by atoms with Crippen molar-refractivity contribution in [3.05, 3.63) is 69.2 Å². The minimum atomic E-state index is -1.17. The van der Waals surface area contributed by atoms with Crippen LogP contribution in [0, 0.1) is 11.6 Å². The molecule has 1 unspecified atom stereocenters. The van der Waals surface area contributed by atoms with Gasteiger partial charge in [0.15, 0.2) is 0 Å². The highest BCUT2D eigenvalue weighted by atomic mass is 35.5. The van der Waals surface area contributed by atoms with Crippen molar-refractivity contribution in [2.24, 2.45) is 0 Å². The van der Waals surface area contributed by atoms with Crippen molar-refractivity contribution in [1.82, 2.24) is 5.32 Å². The highest BCUT2D eigenvalue weighted by Gasteiger charge is 2.26. The molecule has 2 N–H and O–H groups in total. The summed E-state index contributed by atoms with van der Waals surface area (Å²) in [6.07, 6.45) is -0.450. The number of amides is 1. The van der Waals surface area contributed by atoms with Crippen molar-refractivity contribution in [1.29, 1.82) is 0 Å². The van der Waals surface area contributed by atoms with E-state index in [1.807, 2.05) is 0 Å². The molecule has 0 aliphatic rings. The van der Waals surface area contributed by atoms with Crippen molar-refractivity contribution >= 4 is 35.1 Å². The van der Waals surface area contributed by atoms with Crippen LogP contribution in [-0.2, 0) is 9.59 Å². The lowest BCUT2D eigenvalue weighted by Crippen LogP contribution is -2.34. The number of carboxylic acids is 1. The summed E-state index contributed by atoms with van der Waals surface area (Å²) in [7, 11) is 0. The molecule has 2 rings (SSSR count). The number of nitrogens with one attached hydrogen (secondary N) is 1. The summed E-state index contributed by atoms with van der Waals surface area (Å²) >= 11 is 11.8. The SMILES string of the molecule is CC(C(=O)N[C@@H](CC(=O)O)c1cc(Cl)cc(Cl)c1)c1c(F)cccc1F. The molecular weight excluding hydrogens is 387 g/mol. The molecule has 0 fully saturated rings. The van der Waals surface area contributed by atoms with E-state index in [1.165, 1.54) is 31.2 Å². The Balaban J connectivity index is 2.30. The lowest BCUT2D eigenvalue weighted by molar-refractivity contribution is -0.137. The van der Waals surface area contributed by atoms with Gasteiger partial charge in [0.25, 0.3) is 0 Å². The van der Waals surface area contributed by atoms with Crippen LogP contribution in [0.2, 0.25) is 10.0 Å². The van der Waals surface area contributed by atoms with E-state index in [-0.39, 0.29) is 15.6 Å². The topological polar surface area (TPSA) is 66.4 Å². The summed E-state index contributed by atoms with van der Waals surface area (Å²) in [6, 6.07) is 6.73. The fourth-order valence-electron chi connectivity index (χ4n) is 2.56. The molecule has 1 amide bonds. The number of aliphatic carboxylic acids is 1. The first-order valence-corrected chi connectivity index (χ1v) is 8.36. The van der Waals surface area contributed by atoms with Gasteiger partial charge in [-0.05, 0) is 42.8 Å². The Labute approximate surface area is 158 Å². The number of carbonyl (C=O) groups is 2. The molecule has 2 aromatic carbocycles. The Morgan fingerprint density at radius 3 is 2.15 bits per heavy atom. The van der Waals surface area contributed by atoms with Crippen molar-refractivity contribution in [2.45, 2.75) is 25.3 Å². The summed E-state index contributed by atoms with van der Waals surface area (Å²) < 4.78 is 27.8. The third-order valence-electron chi connectivity index (χ3n) is 3.81. The number of rotatable bonds is 6. The van der Waals surface area contributed by atoms with Crippen molar-refractivity contribution in [3.63, 3.8) is 0 Å². The zero-order chi connectivity index (χ0) is 19.4. The zero-order valence-corrected chi connectivity index (χ0v) is 15.1. The van der Waals surface area contributed by atoms with Crippen LogP contribution in [-0.4, -0.2) is 17.0 Å². The average Bonchev–Trinajstić information content (AvgIpc) is 2.52. The Bertz CT molecular complexity index is 805. The Morgan fingerprint density at radius 1 is 1.12 bits per heavy atom. The first-order chi connectivity index (χ1) is 12.2. The van der Waals surface area contributed by atoms with Crippen LogP contribution in [0.5, 0.6) is 0 Å². The van der Waals surface area contributed by atoms with Crippen LogP contribution in [0.15, 0.2) is 36.4 Å². The molecule has 0 heterocycles. The molecule has 26 heavy (non-hydrogen) atoms. The van der Waals surface area contributed by atoms with Gasteiger partial charge in [-0.3, -0.25) is 9.59 Å². The van der Waals surface area contributed by atoms with E-state index in [1.54, 1.807) is 0 Å². The maximum absolute atomic E-state index is 13.9. The first-order valence-electron chi connectivity index (χ1n) is 7.61. The predicted molar refractivity (Wildman–Crippen MR) is 94.4 cm³/mol. The molecule has 0 bridgehead atoms. The Kier molecular flexibility index (Phi) is 6.56. The molecule has 2 aromatic rings. The highest BCUT2D eigenvalue weighted by molar-refractivity contribution is 6.34. The Hall–Kier alpha value is -2.18. The number of carbonyl (C=O) groups excluding carboxylic acids is 1. The van der Waals surface area contributed by atoms with Gasteiger partial charge in [0.2, 0.25) is 5.91 Å². The van der Waals surface area contributed by atoms with Crippen LogP contribution in [0.4, 0.5) is 8.78 Å². The summed E-state index contributed by atoms with van der Waals surface area (Å²) in [6.45, 7) is 1.33. The quantitative estimate of drug-likeness (QED) is 0.736. The number of hydrogen-bond donors (Lipinski definition) is 2. The molecule has 0 saturated heterocycles. The van der Waals surface area contributed by atoms with E-state index >= 15 is 0 Å². The molecule has 0 radical (unpaired) electrons. The number of carboxylic acid groups (broad SMARTS) is 1. The van der Waals surface area contributed by atoms with E-state index in [9.17, 15) is 18.4 Å². The molecule has 0 saturated carbocycles. The van der Waals surface area contributed by atoms with Crippen LogP contribution in [0.1, 0.15) is 36.4 Å². The molecule has 138 valence electrons. The van der Waals surface area contributed by atoms with Gasteiger partial charge in [-0.25, -0.2) is 8.78 Å². The lowest BCUT2D eigenvalue weighted by Gasteiger charge is -2.21. The second-order valence-electron chi connectivity index (χ2n) is 5.72. The summed E-state index contributed by atoms with van der Waals surface area (Å²) in [5, 5.41) is 12.1. The number of benzene rings is 2. The second-order valence-corrected chi connectivity index (χ2v) is 6.59. The van der Waals surface area contributed by atoms with Crippen LogP contribution in [0.3, 0.4) is 0 Å². The van der Waals surface area contributed by atoms with Crippen LogP contribution < -0.4 is 5.32 Å². The third kappa shape index (κ3) is 4.93. The third-order valence-corrected chi connectivity index (χ3v) is 4.24. The van der Waals surface area contributed by atoms with E-state index in [0.717, 1.165) is 12.1 Å². The van der Waals surface area contributed by atoms with E-state index in [4.69, 9.17) is 28.3 Å². The largest absolute Gasteiger partial charge is 0.481 e. The first kappa shape index (κ1) is 20.1. The van der Waals surface area contributed by atoms with Gasteiger partial charge in [-0.2, -0.15) is 0 Å². The van der Waals surface area contributed by atoms with E-state index < -0.39 is 41.9 Å². The molecule has 0 spiro atoms. The van der Waals surface area contributed by atoms with Gasteiger partial charge in [-0.1, -0.05) is 29.3 Å². The molecule has 0 aliphatic heterocycles. The van der Waals surface area contributed by atoms with Crippen molar-refractivity contribution < 1.29 is 23.5 Å². The standard InChI is InChI=1S/C18H15Cl2F2NO3/c1-9(17-13(21)3-2-4-14(17)22)18(26)23-15(8-16(24)25)10-5-11(19)7-12(20)6-10/h2-7,9,15H,8H2,1H3,(H,23,26)(H,24,25)/t9?,15-/m0/s1. The fourth-order valence-corrected chi connectivity index (χ4v) is 3.10. The summed E-state index contributed by atoms with van der Waals surface area (Å²) in [5.41, 5.74) is -0.0114. The van der Waals surface area contributed by atoms with Gasteiger partial charge >= 0.3 is 5.97 Å². The maximum atomic E-state index is 13.9. The number of halogens is 4. The van der Waals surface area contributed by atoms with Gasteiger partial charge < -0.3 is 10.4 Å². The predicted octanol–water partition coefficient (Wildman–Crippen LogP) is 4.71. The van der Waals surface area contributed by atoms with E-state index in [2.05, 4.69) is 5.32 Å². The van der Waals surface area contributed by atoms with Gasteiger partial charge in [0.1, 0.15) is 11.6 Å². The van der Waals surface area contributed by atoms with Gasteiger partial charge in [0, 0.05) is 15.6 Å². The maximum Gasteiger partial charge on any atom is 0.305 e. The molecule has 4 nitrogen and oxygen atoms in total. The number of hydrogen-bond acceptors (Lipinski definition) is 2.